The Kier molecular flexibility index (Phi) is 6.84. The smallest absolute Gasteiger partial charge is 0.314 e. The van der Waals surface area contributed by atoms with Gasteiger partial charge in [0.2, 0.25) is 0 Å². The maximum atomic E-state index is 12.8. The summed E-state index contributed by atoms with van der Waals surface area (Å²) in [6.45, 7) is 16.0. The lowest BCUT2D eigenvalue weighted by Crippen LogP contribution is -2.44. The molecular formula is C14H31N2O4P. The van der Waals surface area contributed by atoms with Crippen molar-refractivity contribution < 1.29 is 18.1 Å². The third-order valence-electron chi connectivity index (χ3n) is 2.64. The van der Waals surface area contributed by atoms with Crippen LogP contribution in [0, 0.1) is 0 Å². The lowest BCUT2D eigenvalue weighted by Gasteiger charge is -2.32. The number of nitrogens with zero attached hydrogens (tertiary/aromatic N) is 1. The molecule has 1 aliphatic rings. The number of phosphoric acid groups is 1. The zero-order valence-corrected chi connectivity index (χ0v) is 15.2. The molecule has 0 amide bonds. The summed E-state index contributed by atoms with van der Waals surface area (Å²) in [6, 6.07) is 0. The second-order valence-corrected chi connectivity index (χ2v) is 8.80. The summed E-state index contributed by atoms with van der Waals surface area (Å²) in [4.78, 5) is 2.27. The molecule has 0 aromatic rings. The third-order valence-corrected chi connectivity index (χ3v) is 4.68. The fraction of sp³-hybridized carbons (Fsp3) is 1.00. The highest BCUT2D eigenvalue weighted by atomic mass is 31.2. The van der Waals surface area contributed by atoms with E-state index in [1.54, 1.807) is 0 Å². The van der Waals surface area contributed by atoms with Gasteiger partial charge in [0.1, 0.15) is 0 Å². The molecule has 126 valence electrons. The standard InChI is InChI=1S/C14H31N2O4P/c1-13(2,3)19-21(17,20-14(4,5)6)18-12-11-16-9-7-15-8-10-16/h15H,7-12H2,1-6H3. The molecule has 1 heterocycles. The molecule has 0 saturated carbocycles. The second kappa shape index (κ2) is 7.53. The molecule has 0 aliphatic carbocycles. The monoisotopic (exact) mass is 322 g/mol. The molecule has 7 heteroatoms. The van der Waals surface area contributed by atoms with Crippen molar-refractivity contribution in [3.63, 3.8) is 0 Å². The molecule has 6 nitrogen and oxygen atoms in total. The summed E-state index contributed by atoms with van der Waals surface area (Å²) in [5.41, 5.74) is -1.17. The average molecular weight is 322 g/mol. The van der Waals surface area contributed by atoms with Crippen molar-refractivity contribution in [2.45, 2.75) is 52.7 Å². The number of phosphoric ester groups is 1. The molecule has 0 spiro atoms. The zero-order valence-electron chi connectivity index (χ0n) is 14.3. The summed E-state index contributed by atoms with van der Waals surface area (Å²) >= 11 is 0. The minimum atomic E-state index is -3.57. The van der Waals surface area contributed by atoms with Crippen LogP contribution in [-0.4, -0.2) is 55.4 Å². The quantitative estimate of drug-likeness (QED) is 0.759. The molecule has 0 radical (unpaired) electrons. The van der Waals surface area contributed by atoms with Gasteiger partial charge >= 0.3 is 7.82 Å². The number of piperazine rings is 1. The number of hydrogen-bond acceptors (Lipinski definition) is 6. The van der Waals surface area contributed by atoms with Crippen molar-refractivity contribution in [1.29, 1.82) is 0 Å². The van der Waals surface area contributed by atoms with Crippen LogP contribution in [0.25, 0.3) is 0 Å². The minimum Gasteiger partial charge on any atom is -0.314 e. The fourth-order valence-electron chi connectivity index (χ4n) is 1.96. The van der Waals surface area contributed by atoms with E-state index < -0.39 is 19.0 Å². The van der Waals surface area contributed by atoms with Gasteiger partial charge in [-0.2, -0.15) is 0 Å². The Morgan fingerprint density at radius 2 is 1.48 bits per heavy atom. The predicted molar refractivity (Wildman–Crippen MR) is 84.5 cm³/mol. The fourth-order valence-corrected chi connectivity index (χ4v) is 3.75. The maximum Gasteiger partial charge on any atom is 0.475 e. The van der Waals surface area contributed by atoms with Crippen molar-refractivity contribution in [3.05, 3.63) is 0 Å². The Balaban J connectivity index is 2.53. The van der Waals surface area contributed by atoms with Crippen LogP contribution >= 0.6 is 7.82 Å². The first kappa shape index (κ1) is 19.1. The van der Waals surface area contributed by atoms with Crippen LogP contribution in [-0.2, 0) is 18.1 Å². The molecule has 0 aromatic carbocycles. The van der Waals surface area contributed by atoms with E-state index in [1.165, 1.54) is 0 Å². The first-order valence-electron chi connectivity index (χ1n) is 7.58. The van der Waals surface area contributed by atoms with Crippen molar-refractivity contribution in [1.82, 2.24) is 10.2 Å². The van der Waals surface area contributed by atoms with Crippen LogP contribution in [0.2, 0.25) is 0 Å². The van der Waals surface area contributed by atoms with E-state index in [0.29, 0.717) is 6.61 Å². The van der Waals surface area contributed by atoms with Crippen LogP contribution in [0.4, 0.5) is 0 Å². The summed E-state index contributed by atoms with van der Waals surface area (Å²) in [5, 5.41) is 3.30. The molecule has 0 bridgehead atoms. The molecule has 1 aliphatic heterocycles. The largest absolute Gasteiger partial charge is 0.475 e. The van der Waals surface area contributed by atoms with Crippen LogP contribution in [0.3, 0.4) is 0 Å². The van der Waals surface area contributed by atoms with Gasteiger partial charge < -0.3 is 5.32 Å². The van der Waals surface area contributed by atoms with E-state index in [4.69, 9.17) is 13.6 Å². The molecule has 0 aromatic heterocycles. The lowest BCUT2D eigenvalue weighted by molar-refractivity contribution is 0.000809. The van der Waals surface area contributed by atoms with E-state index in [-0.39, 0.29) is 0 Å². The zero-order chi connectivity index (χ0) is 16.1. The van der Waals surface area contributed by atoms with Crippen molar-refractivity contribution >= 4 is 7.82 Å². The highest BCUT2D eigenvalue weighted by molar-refractivity contribution is 7.48. The normalized spacial score (nSPS) is 19.0. The van der Waals surface area contributed by atoms with E-state index in [2.05, 4.69) is 10.2 Å². The van der Waals surface area contributed by atoms with Crippen LogP contribution < -0.4 is 5.32 Å². The molecule has 1 saturated heterocycles. The van der Waals surface area contributed by atoms with Gasteiger partial charge in [-0.15, -0.1) is 0 Å². The van der Waals surface area contributed by atoms with Crippen molar-refractivity contribution in [2.24, 2.45) is 0 Å². The van der Waals surface area contributed by atoms with Gasteiger partial charge in [0.05, 0.1) is 17.8 Å². The molecule has 1 N–H and O–H groups in total. The Morgan fingerprint density at radius 3 is 1.90 bits per heavy atom. The van der Waals surface area contributed by atoms with Gasteiger partial charge in [-0.3, -0.25) is 18.5 Å². The van der Waals surface area contributed by atoms with Crippen molar-refractivity contribution in [3.8, 4) is 0 Å². The average Bonchev–Trinajstić information content (AvgIpc) is 2.24. The highest BCUT2D eigenvalue weighted by Crippen LogP contribution is 2.55. The van der Waals surface area contributed by atoms with Crippen molar-refractivity contribution in [2.75, 3.05) is 39.3 Å². The molecule has 0 atom stereocenters. The van der Waals surface area contributed by atoms with Crippen LogP contribution in [0.15, 0.2) is 0 Å². The first-order valence-corrected chi connectivity index (χ1v) is 9.04. The maximum absolute atomic E-state index is 12.8. The third kappa shape index (κ3) is 8.91. The molecule has 1 fully saturated rings. The second-order valence-electron chi connectivity index (χ2n) is 7.28. The molecule has 1 rings (SSSR count). The van der Waals surface area contributed by atoms with Crippen LogP contribution in [0.1, 0.15) is 41.5 Å². The number of nitrogens with one attached hydrogen (secondary N) is 1. The van der Waals surface area contributed by atoms with Gasteiger partial charge in [-0.25, -0.2) is 4.57 Å². The van der Waals surface area contributed by atoms with Gasteiger partial charge in [0.25, 0.3) is 0 Å². The Morgan fingerprint density at radius 1 is 1.00 bits per heavy atom. The summed E-state index contributed by atoms with van der Waals surface area (Å²) in [5.74, 6) is 0. The molecular weight excluding hydrogens is 291 g/mol. The lowest BCUT2D eigenvalue weighted by atomic mass is 10.2. The predicted octanol–water partition coefficient (Wildman–Crippen LogP) is 2.65. The first-order chi connectivity index (χ1) is 9.49. The topological polar surface area (TPSA) is 60.0 Å². The summed E-state index contributed by atoms with van der Waals surface area (Å²) < 4.78 is 29.5. The Labute approximate surface area is 129 Å². The number of hydrogen-bond donors (Lipinski definition) is 1. The van der Waals surface area contributed by atoms with E-state index in [9.17, 15) is 4.57 Å². The highest BCUT2D eigenvalue weighted by Gasteiger charge is 2.37. The van der Waals surface area contributed by atoms with Gasteiger partial charge in [0, 0.05) is 32.7 Å². The van der Waals surface area contributed by atoms with Crippen LogP contribution in [0.5, 0.6) is 0 Å². The van der Waals surface area contributed by atoms with E-state index in [0.717, 1.165) is 32.7 Å². The summed E-state index contributed by atoms with van der Waals surface area (Å²) in [6.07, 6.45) is 0. The Bertz CT molecular complexity index is 337. The summed E-state index contributed by atoms with van der Waals surface area (Å²) in [7, 11) is -3.57. The minimum absolute atomic E-state index is 0.337. The molecule has 0 unspecified atom stereocenters. The van der Waals surface area contributed by atoms with E-state index in [1.807, 2.05) is 41.5 Å². The van der Waals surface area contributed by atoms with Gasteiger partial charge in [-0.05, 0) is 41.5 Å². The van der Waals surface area contributed by atoms with Gasteiger partial charge in [0.15, 0.2) is 0 Å². The van der Waals surface area contributed by atoms with Gasteiger partial charge in [-0.1, -0.05) is 0 Å². The van der Waals surface area contributed by atoms with E-state index >= 15 is 0 Å². The Hall–Kier alpha value is 0.0300. The molecule has 21 heavy (non-hydrogen) atoms. The SMILES string of the molecule is CC(C)(C)OP(=O)(OCCN1CCNCC1)OC(C)(C)C. The number of rotatable bonds is 6.